The van der Waals surface area contributed by atoms with Gasteiger partial charge in [0, 0.05) is 11.8 Å². The molecular weight excluding hydrogens is 339 g/mol. The van der Waals surface area contributed by atoms with E-state index < -0.39 is 11.7 Å². The van der Waals surface area contributed by atoms with Crippen LogP contribution in [0, 0.1) is 28.6 Å². The van der Waals surface area contributed by atoms with E-state index in [1.54, 1.807) is 0 Å². The largest absolute Gasteiger partial charge is 0.454 e. The van der Waals surface area contributed by atoms with Gasteiger partial charge < -0.3 is 14.4 Å². The van der Waals surface area contributed by atoms with Crippen molar-refractivity contribution < 1.29 is 19.2 Å². The molecule has 4 aliphatic carbocycles. The number of ketones is 1. The summed E-state index contributed by atoms with van der Waals surface area (Å²) in [6, 6.07) is 0. The van der Waals surface area contributed by atoms with Crippen molar-refractivity contribution in [1.29, 1.82) is 0 Å². The summed E-state index contributed by atoms with van der Waals surface area (Å²) in [5.74, 6) is 2.29. The molecule has 4 nitrogen and oxygen atoms in total. The summed E-state index contributed by atoms with van der Waals surface area (Å²) in [6.45, 7) is 7.18. The Morgan fingerprint density at radius 3 is 2.70 bits per heavy atom. The molecule has 1 saturated heterocycles. The van der Waals surface area contributed by atoms with Crippen molar-refractivity contribution in [3.8, 4) is 0 Å². The zero-order valence-corrected chi connectivity index (χ0v) is 17.0. The third-order valence-electron chi connectivity index (χ3n) is 9.55. The maximum Gasteiger partial charge on any atom is 0.454 e. The number of hydrogen-bond donors (Lipinski definition) is 1. The third kappa shape index (κ3) is 2.31. The summed E-state index contributed by atoms with van der Waals surface area (Å²) in [6.07, 6.45) is 9.86. The Balaban J connectivity index is 1.49. The van der Waals surface area contributed by atoms with Gasteiger partial charge in [-0.3, -0.25) is 4.79 Å². The number of carbonyl (C=O) groups excluding carboxylic acids is 1. The van der Waals surface area contributed by atoms with Crippen LogP contribution < -0.4 is 0 Å². The maximum absolute atomic E-state index is 12.0. The van der Waals surface area contributed by atoms with Gasteiger partial charge in [0.05, 0.1) is 12.2 Å². The minimum atomic E-state index is -0.526. The molecule has 4 fully saturated rings. The molecule has 1 spiro atoms. The zero-order chi connectivity index (χ0) is 19.0. The van der Waals surface area contributed by atoms with Gasteiger partial charge in [0.2, 0.25) is 0 Å². The standard InChI is InChI=1S/C22H33BO4/c1-20-9-6-15(24)12-14(20)4-5-16-17(20)7-10-21(2)18(16)8-11-22(21)19(25)13-26-23(3)27-22/h12,16-19,25H,4-11,13H2,1-3H3/t16-,17+,18+,19-,20+,21+,22+/m1/s1. The summed E-state index contributed by atoms with van der Waals surface area (Å²) in [7, 11) is -0.232. The van der Waals surface area contributed by atoms with Crippen molar-refractivity contribution in [1.82, 2.24) is 0 Å². The van der Waals surface area contributed by atoms with E-state index >= 15 is 0 Å². The fourth-order valence-electron chi connectivity index (χ4n) is 8.10. The molecule has 1 heterocycles. The van der Waals surface area contributed by atoms with Crippen LogP contribution in [0.5, 0.6) is 0 Å². The Morgan fingerprint density at radius 2 is 1.89 bits per heavy atom. The highest BCUT2D eigenvalue weighted by molar-refractivity contribution is 6.42. The van der Waals surface area contributed by atoms with Crippen molar-refractivity contribution >= 4 is 12.9 Å². The average molecular weight is 372 g/mol. The Labute approximate surface area is 163 Å². The highest BCUT2D eigenvalue weighted by Crippen LogP contribution is 2.69. The van der Waals surface area contributed by atoms with Crippen LogP contribution in [0.2, 0.25) is 6.82 Å². The second kappa shape index (κ2) is 5.93. The Bertz CT molecular complexity index is 692. The van der Waals surface area contributed by atoms with Crippen molar-refractivity contribution in [3.05, 3.63) is 11.6 Å². The molecule has 5 aliphatic rings. The SMILES string of the molecule is CB1OC[C@@H](O)[C@]2(CC[C@H]3[C@@H]4CCC5=CC(=O)CC[C@]5(C)[C@H]4CC[C@@]32C)O1. The van der Waals surface area contributed by atoms with Crippen LogP contribution in [0.1, 0.15) is 65.2 Å². The molecule has 0 amide bonds. The monoisotopic (exact) mass is 372 g/mol. The number of hydrogen-bond acceptors (Lipinski definition) is 4. The van der Waals surface area contributed by atoms with Gasteiger partial charge >= 0.3 is 7.12 Å². The van der Waals surface area contributed by atoms with Gasteiger partial charge in [-0.15, -0.1) is 0 Å². The number of rotatable bonds is 0. The van der Waals surface area contributed by atoms with E-state index in [1.807, 2.05) is 12.9 Å². The summed E-state index contributed by atoms with van der Waals surface area (Å²) in [5.41, 5.74) is 1.21. The molecule has 1 aliphatic heterocycles. The molecule has 0 aromatic heterocycles. The van der Waals surface area contributed by atoms with Crippen LogP contribution >= 0.6 is 0 Å². The quantitative estimate of drug-likeness (QED) is 0.658. The number of aliphatic hydroxyl groups excluding tert-OH is 1. The second-order valence-corrected chi connectivity index (χ2v) is 10.4. The van der Waals surface area contributed by atoms with Gasteiger partial charge in [0.1, 0.15) is 6.10 Å². The van der Waals surface area contributed by atoms with Gasteiger partial charge in [-0.1, -0.05) is 19.4 Å². The molecule has 7 atom stereocenters. The maximum atomic E-state index is 12.0. The lowest BCUT2D eigenvalue weighted by atomic mass is 9.46. The lowest BCUT2D eigenvalue weighted by Gasteiger charge is -2.61. The second-order valence-electron chi connectivity index (χ2n) is 10.4. The molecule has 0 radical (unpaired) electrons. The van der Waals surface area contributed by atoms with Gasteiger partial charge in [0.25, 0.3) is 0 Å². The highest BCUT2D eigenvalue weighted by Gasteiger charge is 2.68. The van der Waals surface area contributed by atoms with Crippen molar-refractivity contribution in [2.45, 2.75) is 83.7 Å². The summed E-state index contributed by atoms with van der Waals surface area (Å²) in [5, 5.41) is 10.9. The predicted molar refractivity (Wildman–Crippen MR) is 104 cm³/mol. The van der Waals surface area contributed by atoms with Crippen LogP contribution in [-0.2, 0) is 14.1 Å². The van der Waals surface area contributed by atoms with E-state index in [4.69, 9.17) is 9.31 Å². The van der Waals surface area contributed by atoms with Crippen LogP contribution in [0.15, 0.2) is 11.6 Å². The highest BCUT2D eigenvalue weighted by atomic mass is 16.6. The molecule has 0 unspecified atom stereocenters. The Kier molecular flexibility index (Phi) is 4.04. The summed E-state index contributed by atoms with van der Waals surface area (Å²) >= 11 is 0. The van der Waals surface area contributed by atoms with E-state index in [2.05, 4.69) is 13.8 Å². The van der Waals surface area contributed by atoms with Crippen LogP contribution in [0.3, 0.4) is 0 Å². The molecule has 0 aromatic carbocycles. The number of allylic oxidation sites excluding steroid dienone is 1. The lowest BCUT2D eigenvalue weighted by Crippen LogP contribution is -2.64. The van der Waals surface area contributed by atoms with E-state index in [0.29, 0.717) is 36.6 Å². The molecule has 5 heteroatoms. The van der Waals surface area contributed by atoms with Crippen LogP contribution in [0.4, 0.5) is 0 Å². The summed E-state index contributed by atoms with van der Waals surface area (Å²) in [4.78, 5) is 12.0. The van der Waals surface area contributed by atoms with Gasteiger partial charge in [-0.2, -0.15) is 0 Å². The first-order chi connectivity index (χ1) is 12.8. The van der Waals surface area contributed by atoms with Crippen LogP contribution in [0.25, 0.3) is 0 Å². The summed E-state index contributed by atoms with van der Waals surface area (Å²) < 4.78 is 12.0. The number of aliphatic hydroxyl groups is 1. The fourth-order valence-corrected chi connectivity index (χ4v) is 8.10. The topological polar surface area (TPSA) is 55.8 Å². The fraction of sp³-hybridized carbons (Fsp3) is 0.864. The molecule has 0 aromatic rings. The van der Waals surface area contributed by atoms with E-state index in [1.165, 1.54) is 18.4 Å². The van der Waals surface area contributed by atoms with Crippen LogP contribution in [-0.4, -0.2) is 36.3 Å². The minimum Gasteiger partial charge on any atom is -0.408 e. The first-order valence-corrected chi connectivity index (χ1v) is 11.0. The minimum absolute atomic E-state index is 0.0215. The molecule has 5 rings (SSSR count). The average Bonchev–Trinajstić information content (AvgIpc) is 2.92. The molecule has 3 saturated carbocycles. The molecule has 27 heavy (non-hydrogen) atoms. The van der Waals surface area contributed by atoms with E-state index in [0.717, 1.165) is 32.1 Å². The number of carbonyl (C=O) groups is 1. The molecular formula is C22H33BO4. The van der Waals surface area contributed by atoms with Crippen molar-refractivity contribution in [2.75, 3.05) is 6.61 Å². The Morgan fingerprint density at radius 1 is 1.11 bits per heavy atom. The smallest absolute Gasteiger partial charge is 0.408 e. The van der Waals surface area contributed by atoms with E-state index in [-0.39, 0.29) is 17.9 Å². The van der Waals surface area contributed by atoms with Gasteiger partial charge in [-0.25, -0.2) is 0 Å². The molecule has 0 bridgehead atoms. The Hall–Kier alpha value is -0.645. The first-order valence-electron chi connectivity index (χ1n) is 11.0. The predicted octanol–water partition coefficient (Wildman–Crippen LogP) is 3.78. The zero-order valence-electron chi connectivity index (χ0n) is 17.0. The molecule has 148 valence electrons. The van der Waals surface area contributed by atoms with Crippen molar-refractivity contribution in [3.63, 3.8) is 0 Å². The molecule has 1 N–H and O–H groups in total. The van der Waals surface area contributed by atoms with E-state index in [9.17, 15) is 9.90 Å². The first kappa shape index (κ1) is 18.4. The number of fused-ring (bicyclic) bond motifs is 6. The van der Waals surface area contributed by atoms with Gasteiger partial charge in [0.15, 0.2) is 5.78 Å². The normalized spacial score (nSPS) is 52.2. The lowest BCUT2D eigenvalue weighted by molar-refractivity contribution is -0.196. The van der Waals surface area contributed by atoms with Crippen molar-refractivity contribution in [2.24, 2.45) is 28.6 Å². The third-order valence-corrected chi connectivity index (χ3v) is 9.55. The van der Waals surface area contributed by atoms with Gasteiger partial charge in [-0.05, 0) is 81.0 Å².